The summed E-state index contributed by atoms with van der Waals surface area (Å²) in [6, 6.07) is 0. The molecule has 0 saturated heterocycles. The van der Waals surface area contributed by atoms with Gasteiger partial charge in [0.15, 0.2) is 0 Å². The summed E-state index contributed by atoms with van der Waals surface area (Å²) in [6.07, 6.45) is 0.297. The van der Waals surface area contributed by atoms with Crippen molar-refractivity contribution in [1.82, 2.24) is 14.9 Å². The molecule has 7 nitrogen and oxygen atoms in total. The fourth-order valence-electron chi connectivity index (χ4n) is 1.17. The summed E-state index contributed by atoms with van der Waals surface area (Å²) in [7, 11) is 0. The lowest BCUT2D eigenvalue weighted by atomic mass is 10.1. The number of hydrogen-bond donors (Lipinski definition) is 3. The molecule has 1 aromatic heterocycles. The molecule has 0 aliphatic rings. The molecule has 0 aliphatic carbocycles. The molecule has 0 radical (unpaired) electrons. The predicted molar refractivity (Wildman–Crippen MR) is 64.4 cm³/mol. The largest absolute Gasteiger partial charge is 0.409 e. The normalized spacial score (nSPS) is 11.8. The van der Waals surface area contributed by atoms with E-state index in [0.29, 0.717) is 23.5 Å². The molecular formula is C9H15N5O2S. The quantitative estimate of drug-likeness (QED) is 0.308. The van der Waals surface area contributed by atoms with Crippen LogP contribution in [0.5, 0.6) is 0 Å². The van der Waals surface area contributed by atoms with E-state index in [2.05, 4.69) is 20.1 Å². The van der Waals surface area contributed by atoms with E-state index in [0.717, 1.165) is 11.5 Å². The Balaban J connectivity index is 2.55. The van der Waals surface area contributed by atoms with E-state index < -0.39 is 0 Å². The van der Waals surface area contributed by atoms with Gasteiger partial charge in [0.25, 0.3) is 5.91 Å². The highest BCUT2D eigenvalue weighted by Crippen LogP contribution is 2.19. The molecule has 0 fully saturated rings. The van der Waals surface area contributed by atoms with E-state index in [1.54, 1.807) is 0 Å². The fourth-order valence-corrected chi connectivity index (χ4v) is 1.90. The highest BCUT2D eigenvalue weighted by atomic mass is 32.1. The molecule has 8 heteroatoms. The fraction of sp³-hybridized carbons (Fsp3) is 0.556. The lowest BCUT2D eigenvalue weighted by Gasteiger charge is -2.05. The van der Waals surface area contributed by atoms with Crippen molar-refractivity contribution in [3.05, 3.63) is 10.6 Å². The van der Waals surface area contributed by atoms with Crippen LogP contribution >= 0.6 is 11.5 Å². The number of oxime groups is 1. The molecule has 1 heterocycles. The van der Waals surface area contributed by atoms with E-state index in [1.807, 2.05) is 13.8 Å². The van der Waals surface area contributed by atoms with Crippen LogP contribution in [0.4, 0.5) is 0 Å². The molecular weight excluding hydrogens is 242 g/mol. The van der Waals surface area contributed by atoms with Crippen LogP contribution in [-0.2, 0) is 0 Å². The van der Waals surface area contributed by atoms with Crippen LogP contribution in [0.25, 0.3) is 0 Å². The summed E-state index contributed by atoms with van der Waals surface area (Å²) in [5, 5.41) is 17.7. The molecule has 17 heavy (non-hydrogen) atoms. The number of amidine groups is 1. The van der Waals surface area contributed by atoms with Crippen molar-refractivity contribution in [3.63, 3.8) is 0 Å². The van der Waals surface area contributed by atoms with Crippen molar-refractivity contribution in [3.8, 4) is 0 Å². The molecule has 1 rings (SSSR count). The monoisotopic (exact) mass is 257 g/mol. The molecule has 1 aromatic rings. The number of nitrogens with one attached hydrogen (secondary N) is 1. The van der Waals surface area contributed by atoms with Gasteiger partial charge in [0, 0.05) is 13.0 Å². The predicted octanol–water partition coefficient (Wildman–Crippen LogP) is 0.528. The smallest absolute Gasteiger partial charge is 0.264 e. The Hall–Kier alpha value is -1.70. The first-order valence-corrected chi connectivity index (χ1v) is 5.90. The highest BCUT2D eigenvalue weighted by molar-refractivity contribution is 7.08. The Morgan fingerprint density at radius 3 is 2.94 bits per heavy atom. The molecule has 0 aromatic carbocycles. The molecule has 0 saturated carbocycles. The minimum atomic E-state index is -0.227. The lowest BCUT2D eigenvalue weighted by Crippen LogP contribution is -2.28. The molecule has 0 atom stereocenters. The number of amides is 1. The van der Waals surface area contributed by atoms with Gasteiger partial charge >= 0.3 is 0 Å². The average molecular weight is 257 g/mol. The number of carbonyl (C=O) groups excluding carboxylic acids is 1. The van der Waals surface area contributed by atoms with Gasteiger partial charge in [-0.3, -0.25) is 4.79 Å². The zero-order valence-corrected chi connectivity index (χ0v) is 10.5. The van der Waals surface area contributed by atoms with E-state index >= 15 is 0 Å². The molecule has 0 aliphatic heterocycles. The van der Waals surface area contributed by atoms with E-state index in [1.165, 1.54) is 0 Å². The Kier molecular flexibility index (Phi) is 4.83. The standard InChI is InChI=1S/C9H15N5O2S/c1-5(2)7-8(17-14-12-7)9(15)11-4-3-6(10)13-16/h5,16H,3-4H2,1-2H3,(H2,10,13)(H,11,15). The number of nitrogens with two attached hydrogens (primary N) is 1. The third-order valence-corrected chi connectivity index (χ3v) is 2.80. The highest BCUT2D eigenvalue weighted by Gasteiger charge is 2.18. The van der Waals surface area contributed by atoms with Gasteiger partial charge < -0.3 is 16.3 Å². The second-order valence-corrected chi connectivity index (χ2v) is 4.49. The van der Waals surface area contributed by atoms with Crippen LogP contribution in [0.2, 0.25) is 0 Å². The lowest BCUT2D eigenvalue weighted by molar-refractivity contribution is 0.0957. The zero-order valence-electron chi connectivity index (χ0n) is 9.67. The topological polar surface area (TPSA) is 113 Å². The summed E-state index contributed by atoms with van der Waals surface area (Å²) in [4.78, 5) is 12.3. The van der Waals surface area contributed by atoms with Gasteiger partial charge in [-0.2, -0.15) is 0 Å². The summed E-state index contributed by atoms with van der Waals surface area (Å²) in [5.41, 5.74) is 5.97. The number of rotatable bonds is 5. The summed E-state index contributed by atoms with van der Waals surface area (Å²) in [6.45, 7) is 4.21. The molecule has 0 spiro atoms. The van der Waals surface area contributed by atoms with Crippen LogP contribution in [0.1, 0.15) is 41.6 Å². The van der Waals surface area contributed by atoms with Crippen molar-refractivity contribution in [2.24, 2.45) is 10.9 Å². The van der Waals surface area contributed by atoms with Gasteiger partial charge in [-0.1, -0.05) is 23.5 Å². The zero-order chi connectivity index (χ0) is 12.8. The van der Waals surface area contributed by atoms with Crippen molar-refractivity contribution in [2.45, 2.75) is 26.2 Å². The number of hydrogen-bond acceptors (Lipinski definition) is 6. The van der Waals surface area contributed by atoms with Gasteiger partial charge in [0.2, 0.25) is 0 Å². The van der Waals surface area contributed by atoms with Crippen LogP contribution in [-0.4, -0.2) is 33.1 Å². The number of nitrogens with zero attached hydrogens (tertiary/aromatic N) is 3. The Morgan fingerprint density at radius 2 is 2.35 bits per heavy atom. The first-order chi connectivity index (χ1) is 8.06. The third kappa shape index (κ3) is 3.66. The summed E-state index contributed by atoms with van der Waals surface area (Å²) >= 11 is 1.07. The SMILES string of the molecule is CC(C)c1nnsc1C(=O)NCCC(N)=NO. The Labute approximate surface area is 103 Å². The Bertz CT molecular complexity index is 415. The summed E-state index contributed by atoms with van der Waals surface area (Å²) < 4.78 is 3.77. The number of aromatic nitrogens is 2. The maximum atomic E-state index is 11.8. The minimum absolute atomic E-state index is 0.0804. The van der Waals surface area contributed by atoms with Gasteiger partial charge in [-0.25, -0.2) is 0 Å². The van der Waals surface area contributed by atoms with E-state index in [4.69, 9.17) is 10.9 Å². The second-order valence-electron chi connectivity index (χ2n) is 3.74. The molecule has 94 valence electrons. The molecule has 1 amide bonds. The van der Waals surface area contributed by atoms with Crippen LogP contribution in [0, 0.1) is 0 Å². The first kappa shape index (κ1) is 13.4. The molecule has 0 unspecified atom stereocenters. The van der Waals surface area contributed by atoms with Crippen LogP contribution in [0.3, 0.4) is 0 Å². The summed E-state index contributed by atoms with van der Waals surface area (Å²) in [5.74, 6) is 0.00447. The third-order valence-electron chi connectivity index (χ3n) is 2.06. The minimum Gasteiger partial charge on any atom is -0.409 e. The van der Waals surface area contributed by atoms with Gasteiger partial charge in [-0.05, 0) is 17.5 Å². The maximum Gasteiger partial charge on any atom is 0.264 e. The van der Waals surface area contributed by atoms with Gasteiger partial charge in [0.1, 0.15) is 10.7 Å². The van der Waals surface area contributed by atoms with Gasteiger partial charge in [-0.15, -0.1) is 5.10 Å². The molecule has 4 N–H and O–H groups in total. The average Bonchev–Trinajstić information content (AvgIpc) is 2.77. The van der Waals surface area contributed by atoms with Crippen molar-refractivity contribution < 1.29 is 10.0 Å². The first-order valence-electron chi connectivity index (χ1n) is 5.13. The Morgan fingerprint density at radius 1 is 1.65 bits per heavy atom. The number of carbonyl (C=O) groups is 1. The van der Waals surface area contributed by atoms with Crippen molar-refractivity contribution >= 4 is 23.3 Å². The van der Waals surface area contributed by atoms with Crippen molar-refractivity contribution in [1.29, 1.82) is 0 Å². The van der Waals surface area contributed by atoms with Crippen LogP contribution < -0.4 is 11.1 Å². The second kappa shape index (κ2) is 6.14. The van der Waals surface area contributed by atoms with Crippen molar-refractivity contribution in [2.75, 3.05) is 6.54 Å². The maximum absolute atomic E-state index is 11.8. The van der Waals surface area contributed by atoms with Gasteiger partial charge in [0.05, 0.1) is 5.69 Å². The van der Waals surface area contributed by atoms with E-state index in [9.17, 15) is 4.79 Å². The molecule has 0 bridgehead atoms. The van der Waals surface area contributed by atoms with E-state index in [-0.39, 0.29) is 17.7 Å². The van der Waals surface area contributed by atoms with Crippen LogP contribution in [0.15, 0.2) is 5.16 Å².